The van der Waals surface area contributed by atoms with Crippen molar-refractivity contribution in [2.24, 2.45) is 5.92 Å². The van der Waals surface area contributed by atoms with E-state index in [2.05, 4.69) is 32.6 Å². The Bertz CT molecular complexity index is 222. The van der Waals surface area contributed by atoms with E-state index in [0.717, 1.165) is 5.92 Å². The van der Waals surface area contributed by atoms with Gasteiger partial charge in [-0.3, -0.25) is 0 Å². The molecule has 0 saturated carbocycles. The van der Waals surface area contributed by atoms with Crippen LogP contribution in [0.2, 0.25) is 0 Å². The van der Waals surface area contributed by atoms with E-state index in [0.29, 0.717) is 0 Å². The summed E-state index contributed by atoms with van der Waals surface area (Å²) in [5.41, 5.74) is 0. The summed E-state index contributed by atoms with van der Waals surface area (Å²) in [6.45, 7) is 13.4. The molecule has 1 unspecified atom stereocenters. The number of rotatable bonds is 20. The standard InChI is InChI=1S/C24H51N/c1-5-8-11-13-15-18-21-25(22-19-16-14-12-9-6-2)23-24(4)20-17-10-7-3/h24H,5-23H2,1-4H3. The van der Waals surface area contributed by atoms with Gasteiger partial charge in [0.2, 0.25) is 0 Å². The van der Waals surface area contributed by atoms with Crippen LogP contribution < -0.4 is 0 Å². The highest BCUT2D eigenvalue weighted by Gasteiger charge is 2.10. The van der Waals surface area contributed by atoms with E-state index in [-0.39, 0.29) is 0 Å². The average molecular weight is 354 g/mol. The Hall–Kier alpha value is -0.0400. The van der Waals surface area contributed by atoms with E-state index in [4.69, 9.17) is 0 Å². The zero-order valence-electron chi connectivity index (χ0n) is 18.5. The molecule has 0 heterocycles. The summed E-state index contributed by atoms with van der Waals surface area (Å²) in [5.74, 6) is 0.881. The van der Waals surface area contributed by atoms with Crippen LogP contribution in [0.4, 0.5) is 0 Å². The summed E-state index contributed by atoms with van der Waals surface area (Å²) in [4.78, 5) is 2.80. The molecule has 1 heteroatoms. The molecule has 0 fully saturated rings. The van der Waals surface area contributed by atoms with E-state index in [1.807, 2.05) is 0 Å². The maximum atomic E-state index is 2.80. The molecule has 25 heavy (non-hydrogen) atoms. The van der Waals surface area contributed by atoms with Gasteiger partial charge >= 0.3 is 0 Å². The van der Waals surface area contributed by atoms with Crippen LogP contribution in [-0.2, 0) is 0 Å². The van der Waals surface area contributed by atoms with Crippen molar-refractivity contribution in [1.29, 1.82) is 0 Å². The molecule has 0 amide bonds. The predicted molar refractivity (Wildman–Crippen MR) is 116 cm³/mol. The van der Waals surface area contributed by atoms with Gasteiger partial charge in [-0.05, 0) is 38.3 Å². The smallest absolute Gasteiger partial charge is 0.000702 e. The van der Waals surface area contributed by atoms with Crippen molar-refractivity contribution in [2.45, 2.75) is 130 Å². The molecular weight excluding hydrogens is 302 g/mol. The Morgan fingerprint density at radius 1 is 0.520 bits per heavy atom. The van der Waals surface area contributed by atoms with E-state index >= 15 is 0 Å². The highest BCUT2D eigenvalue weighted by molar-refractivity contribution is 4.64. The first-order valence-electron chi connectivity index (χ1n) is 12.0. The molecule has 0 aromatic carbocycles. The Morgan fingerprint density at radius 2 is 0.920 bits per heavy atom. The van der Waals surface area contributed by atoms with Gasteiger partial charge in [0, 0.05) is 6.54 Å². The Kier molecular flexibility index (Phi) is 20.2. The Balaban J connectivity index is 3.94. The second kappa shape index (κ2) is 20.3. The van der Waals surface area contributed by atoms with Crippen LogP contribution in [0.1, 0.15) is 130 Å². The molecular formula is C24H51N. The van der Waals surface area contributed by atoms with E-state index in [9.17, 15) is 0 Å². The average Bonchev–Trinajstić information content (AvgIpc) is 2.60. The fraction of sp³-hybridized carbons (Fsp3) is 1.00. The molecule has 1 nitrogen and oxygen atoms in total. The molecule has 0 radical (unpaired) electrons. The van der Waals surface area contributed by atoms with Crippen molar-refractivity contribution in [2.75, 3.05) is 19.6 Å². The molecule has 0 aliphatic carbocycles. The lowest BCUT2D eigenvalue weighted by Gasteiger charge is -2.26. The first kappa shape index (κ1) is 25.0. The summed E-state index contributed by atoms with van der Waals surface area (Å²) in [6.07, 6.45) is 22.7. The van der Waals surface area contributed by atoms with Gasteiger partial charge in [0.05, 0.1) is 0 Å². The lowest BCUT2D eigenvalue weighted by atomic mass is 10.0. The SMILES string of the molecule is CCCCCCCCN(CCCCCCCC)CC(C)CCCCC. The van der Waals surface area contributed by atoms with Gasteiger partial charge in [0.1, 0.15) is 0 Å². The quantitative estimate of drug-likeness (QED) is 0.199. The monoisotopic (exact) mass is 353 g/mol. The van der Waals surface area contributed by atoms with Crippen LogP contribution in [0.15, 0.2) is 0 Å². The van der Waals surface area contributed by atoms with Gasteiger partial charge in [-0.2, -0.15) is 0 Å². The zero-order valence-corrected chi connectivity index (χ0v) is 18.5. The molecule has 152 valence electrons. The maximum absolute atomic E-state index is 2.80. The fourth-order valence-electron chi connectivity index (χ4n) is 3.80. The Morgan fingerprint density at radius 3 is 1.40 bits per heavy atom. The molecule has 0 saturated heterocycles. The first-order valence-corrected chi connectivity index (χ1v) is 12.0. The lowest BCUT2D eigenvalue weighted by molar-refractivity contribution is 0.220. The molecule has 0 bridgehead atoms. The molecule has 0 aromatic rings. The summed E-state index contributed by atoms with van der Waals surface area (Å²) in [6, 6.07) is 0. The van der Waals surface area contributed by atoms with E-state index in [1.54, 1.807) is 0 Å². The Labute approximate surface area is 161 Å². The highest BCUT2D eigenvalue weighted by atomic mass is 15.1. The third-order valence-electron chi connectivity index (χ3n) is 5.53. The third kappa shape index (κ3) is 18.5. The van der Waals surface area contributed by atoms with Gasteiger partial charge < -0.3 is 4.90 Å². The minimum atomic E-state index is 0.881. The summed E-state index contributed by atoms with van der Waals surface area (Å²) >= 11 is 0. The normalized spacial score (nSPS) is 12.8. The molecule has 0 spiro atoms. The van der Waals surface area contributed by atoms with Crippen molar-refractivity contribution in [3.8, 4) is 0 Å². The fourth-order valence-corrected chi connectivity index (χ4v) is 3.80. The second-order valence-corrected chi connectivity index (χ2v) is 8.44. The number of hydrogen-bond acceptors (Lipinski definition) is 1. The van der Waals surface area contributed by atoms with Gasteiger partial charge in [-0.1, -0.05) is 111 Å². The second-order valence-electron chi connectivity index (χ2n) is 8.44. The maximum Gasteiger partial charge on any atom is 0.000702 e. The van der Waals surface area contributed by atoms with Crippen LogP contribution in [0, 0.1) is 5.92 Å². The molecule has 0 aliphatic heterocycles. The van der Waals surface area contributed by atoms with Crippen LogP contribution in [-0.4, -0.2) is 24.5 Å². The van der Waals surface area contributed by atoms with Gasteiger partial charge in [0.15, 0.2) is 0 Å². The van der Waals surface area contributed by atoms with E-state index in [1.165, 1.54) is 122 Å². The van der Waals surface area contributed by atoms with Crippen LogP contribution in [0.25, 0.3) is 0 Å². The topological polar surface area (TPSA) is 3.24 Å². The minimum Gasteiger partial charge on any atom is -0.303 e. The minimum absolute atomic E-state index is 0.881. The van der Waals surface area contributed by atoms with Gasteiger partial charge in [0.25, 0.3) is 0 Å². The molecule has 0 aromatic heterocycles. The number of nitrogens with zero attached hydrogens (tertiary/aromatic N) is 1. The largest absolute Gasteiger partial charge is 0.303 e. The van der Waals surface area contributed by atoms with Crippen LogP contribution in [0.5, 0.6) is 0 Å². The molecule has 0 N–H and O–H groups in total. The van der Waals surface area contributed by atoms with Crippen LogP contribution in [0.3, 0.4) is 0 Å². The van der Waals surface area contributed by atoms with Crippen molar-refractivity contribution in [3.05, 3.63) is 0 Å². The van der Waals surface area contributed by atoms with Gasteiger partial charge in [-0.25, -0.2) is 0 Å². The van der Waals surface area contributed by atoms with Crippen molar-refractivity contribution in [3.63, 3.8) is 0 Å². The lowest BCUT2D eigenvalue weighted by Crippen LogP contribution is -2.30. The van der Waals surface area contributed by atoms with Gasteiger partial charge in [-0.15, -0.1) is 0 Å². The summed E-state index contributed by atoms with van der Waals surface area (Å²) in [7, 11) is 0. The first-order chi connectivity index (χ1) is 12.2. The van der Waals surface area contributed by atoms with Crippen molar-refractivity contribution >= 4 is 0 Å². The van der Waals surface area contributed by atoms with Crippen molar-refractivity contribution < 1.29 is 0 Å². The summed E-state index contributed by atoms with van der Waals surface area (Å²) in [5, 5.41) is 0. The molecule has 0 aliphatic rings. The predicted octanol–water partition coefficient (Wildman–Crippen LogP) is 8.23. The molecule has 1 atom stereocenters. The number of hydrogen-bond donors (Lipinski definition) is 0. The zero-order chi connectivity index (χ0) is 18.6. The van der Waals surface area contributed by atoms with Crippen LogP contribution >= 0.6 is 0 Å². The third-order valence-corrected chi connectivity index (χ3v) is 5.53. The van der Waals surface area contributed by atoms with E-state index < -0.39 is 0 Å². The number of unbranched alkanes of at least 4 members (excludes halogenated alkanes) is 12. The highest BCUT2D eigenvalue weighted by Crippen LogP contribution is 2.14. The van der Waals surface area contributed by atoms with Crippen molar-refractivity contribution in [1.82, 2.24) is 4.90 Å². The summed E-state index contributed by atoms with van der Waals surface area (Å²) < 4.78 is 0. The molecule has 0 rings (SSSR count).